The van der Waals surface area contributed by atoms with Crippen molar-refractivity contribution in [1.29, 1.82) is 0 Å². The molecule has 0 bridgehead atoms. The second-order valence-corrected chi connectivity index (χ2v) is 4.04. The lowest BCUT2D eigenvalue weighted by Crippen LogP contribution is -1.71. The highest BCUT2D eigenvalue weighted by atomic mass is 79.9. The monoisotopic (exact) mass is 287 g/mol. The first-order valence-electron chi connectivity index (χ1n) is 3.63. The molecule has 0 saturated carbocycles. The second-order valence-electron chi connectivity index (χ2n) is 2.63. The number of rotatable bonds is 1. The minimum absolute atomic E-state index is 0.869. The fraction of sp³-hybridized carbons (Fsp3) is 0.111. The molecule has 0 amide bonds. The molecule has 0 spiro atoms. The van der Waals surface area contributed by atoms with Crippen molar-refractivity contribution in [2.75, 3.05) is 0 Å². The Morgan fingerprint density at radius 2 is 2.17 bits per heavy atom. The highest BCUT2D eigenvalue weighted by Gasteiger charge is 2.01. The zero-order valence-corrected chi connectivity index (χ0v) is 9.44. The zero-order chi connectivity index (χ0) is 8.55. The minimum atomic E-state index is 0.869. The molecule has 0 aliphatic rings. The van der Waals surface area contributed by atoms with Crippen molar-refractivity contribution in [2.24, 2.45) is 0 Å². The van der Waals surface area contributed by atoms with Crippen molar-refractivity contribution in [3.8, 4) is 0 Å². The lowest BCUT2D eigenvalue weighted by Gasteiger charge is -1.90. The Labute approximate surface area is 87.4 Å². The number of hydrogen-bond acceptors (Lipinski definition) is 0. The van der Waals surface area contributed by atoms with Crippen LogP contribution in [-0.4, -0.2) is 4.98 Å². The van der Waals surface area contributed by atoms with Gasteiger partial charge < -0.3 is 4.98 Å². The summed E-state index contributed by atoms with van der Waals surface area (Å²) in [6.07, 6.45) is 0. The van der Waals surface area contributed by atoms with Crippen molar-refractivity contribution < 1.29 is 0 Å². The third-order valence-electron chi connectivity index (χ3n) is 1.81. The molecule has 12 heavy (non-hydrogen) atoms. The normalized spacial score (nSPS) is 10.8. The van der Waals surface area contributed by atoms with Crippen LogP contribution in [0.15, 0.2) is 28.7 Å². The average Bonchev–Trinajstić information content (AvgIpc) is 2.49. The molecule has 1 aromatic heterocycles. The van der Waals surface area contributed by atoms with E-state index in [4.69, 9.17) is 0 Å². The maximum atomic E-state index is 3.50. The van der Waals surface area contributed by atoms with Gasteiger partial charge in [0.15, 0.2) is 0 Å². The Morgan fingerprint density at radius 3 is 2.83 bits per heavy atom. The topological polar surface area (TPSA) is 15.8 Å². The molecule has 1 N–H and O–H groups in total. The van der Waals surface area contributed by atoms with Gasteiger partial charge in [0.1, 0.15) is 0 Å². The van der Waals surface area contributed by atoms with Gasteiger partial charge in [-0.05, 0) is 18.2 Å². The molecule has 0 saturated heterocycles. The lowest BCUT2D eigenvalue weighted by molar-refractivity contribution is 1.28. The van der Waals surface area contributed by atoms with E-state index in [1.165, 1.54) is 16.6 Å². The van der Waals surface area contributed by atoms with Crippen molar-refractivity contribution in [3.63, 3.8) is 0 Å². The van der Waals surface area contributed by atoms with Crippen LogP contribution in [0.1, 0.15) is 5.69 Å². The quantitative estimate of drug-likeness (QED) is 0.768. The van der Waals surface area contributed by atoms with Crippen molar-refractivity contribution in [3.05, 3.63) is 34.4 Å². The van der Waals surface area contributed by atoms with E-state index in [2.05, 4.69) is 49.0 Å². The maximum Gasteiger partial charge on any atom is 0.0467 e. The summed E-state index contributed by atoms with van der Waals surface area (Å²) in [7, 11) is 0. The van der Waals surface area contributed by atoms with Gasteiger partial charge in [0.05, 0.1) is 0 Å². The Kier molecular flexibility index (Phi) is 2.24. The summed E-state index contributed by atoms with van der Waals surface area (Å²) in [4.78, 5) is 3.31. The van der Waals surface area contributed by atoms with Crippen molar-refractivity contribution in [1.82, 2.24) is 4.98 Å². The predicted octanol–water partition coefficient (Wildman–Crippen LogP) is 3.83. The summed E-state index contributed by atoms with van der Waals surface area (Å²) < 4.78 is 1.14. The van der Waals surface area contributed by atoms with Gasteiger partial charge in [0.25, 0.3) is 0 Å². The van der Waals surface area contributed by atoms with Crippen LogP contribution in [0.3, 0.4) is 0 Å². The number of alkyl halides is 1. The number of aromatic amines is 1. The molecule has 2 rings (SSSR count). The van der Waals surface area contributed by atoms with E-state index in [1.807, 2.05) is 12.1 Å². The van der Waals surface area contributed by atoms with Gasteiger partial charge >= 0.3 is 0 Å². The van der Waals surface area contributed by atoms with E-state index in [0.717, 1.165) is 9.80 Å². The molecule has 62 valence electrons. The van der Waals surface area contributed by atoms with E-state index >= 15 is 0 Å². The van der Waals surface area contributed by atoms with E-state index in [0.29, 0.717) is 0 Å². The first kappa shape index (κ1) is 8.32. The Morgan fingerprint density at radius 1 is 1.33 bits per heavy atom. The lowest BCUT2D eigenvalue weighted by atomic mass is 10.2. The third kappa shape index (κ3) is 1.31. The van der Waals surface area contributed by atoms with Gasteiger partial charge in [-0.1, -0.05) is 37.9 Å². The first-order valence-corrected chi connectivity index (χ1v) is 5.55. The number of hydrogen-bond donors (Lipinski definition) is 1. The molecule has 2 aromatic rings. The highest BCUT2D eigenvalue weighted by Crippen LogP contribution is 2.24. The summed E-state index contributed by atoms with van der Waals surface area (Å²) in [5, 5.41) is 2.11. The van der Waals surface area contributed by atoms with E-state index < -0.39 is 0 Å². The fourth-order valence-electron chi connectivity index (χ4n) is 1.25. The molecular weight excluding hydrogens is 282 g/mol. The van der Waals surface area contributed by atoms with Crippen LogP contribution in [0.4, 0.5) is 0 Å². The molecule has 0 aliphatic carbocycles. The standard InChI is InChI=1S/C9H7Br2N/c10-5-6-4-7-8(11)2-1-3-9(7)12-6/h1-4,12H,5H2. The largest absolute Gasteiger partial charge is 0.358 e. The average molecular weight is 289 g/mol. The summed E-state index contributed by atoms with van der Waals surface area (Å²) in [5.41, 5.74) is 2.38. The molecule has 1 aromatic carbocycles. The van der Waals surface area contributed by atoms with Gasteiger partial charge in [-0.2, -0.15) is 0 Å². The number of H-pyrrole nitrogens is 1. The minimum Gasteiger partial charge on any atom is -0.358 e. The van der Waals surface area contributed by atoms with E-state index in [1.54, 1.807) is 0 Å². The van der Waals surface area contributed by atoms with Crippen LogP contribution in [0.2, 0.25) is 0 Å². The molecular formula is C9H7Br2N. The molecule has 3 heteroatoms. The first-order chi connectivity index (χ1) is 5.81. The third-order valence-corrected chi connectivity index (χ3v) is 3.11. The molecule has 0 unspecified atom stereocenters. The molecule has 1 heterocycles. The predicted molar refractivity (Wildman–Crippen MR) is 58.6 cm³/mol. The summed E-state index contributed by atoms with van der Waals surface area (Å²) in [5.74, 6) is 0. The SMILES string of the molecule is BrCc1cc2c(Br)cccc2[nH]1. The van der Waals surface area contributed by atoms with Crippen LogP contribution < -0.4 is 0 Å². The molecule has 0 radical (unpaired) electrons. The summed E-state index contributed by atoms with van der Waals surface area (Å²) in [6.45, 7) is 0. The Balaban J connectivity index is 2.74. The van der Waals surface area contributed by atoms with E-state index in [-0.39, 0.29) is 0 Å². The molecule has 0 aliphatic heterocycles. The zero-order valence-electron chi connectivity index (χ0n) is 6.27. The van der Waals surface area contributed by atoms with Crippen LogP contribution in [0.25, 0.3) is 10.9 Å². The number of benzene rings is 1. The van der Waals surface area contributed by atoms with Crippen molar-refractivity contribution in [2.45, 2.75) is 5.33 Å². The Hall–Kier alpha value is -0.280. The van der Waals surface area contributed by atoms with Crippen LogP contribution in [0.5, 0.6) is 0 Å². The van der Waals surface area contributed by atoms with Crippen LogP contribution >= 0.6 is 31.9 Å². The molecule has 0 fully saturated rings. The summed E-state index contributed by atoms with van der Waals surface area (Å²) >= 11 is 6.92. The smallest absolute Gasteiger partial charge is 0.0467 e. The Bertz CT molecular complexity index is 406. The number of aromatic nitrogens is 1. The van der Waals surface area contributed by atoms with Gasteiger partial charge in [0, 0.05) is 26.4 Å². The second kappa shape index (κ2) is 3.23. The summed E-state index contributed by atoms with van der Waals surface area (Å²) in [6, 6.07) is 8.30. The van der Waals surface area contributed by atoms with Crippen molar-refractivity contribution >= 4 is 42.8 Å². The molecule has 0 atom stereocenters. The highest BCUT2D eigenvalue weighted by molar-refractivity contribution is 9.10. The van der Waals surface area contributed by atoms with Crippen LogP contribution in [0, 0.1) is 0 Å². The number of fused-ring (bicyclic) bond motifs is 1. The molecule has 1 nitrogen and oxygen atoms in total. The van der Waals surface area contributed by atoms with Gasteiger partial charge in [0.2, 0.25) is 0 Å². The number of nitrogens with one attached hydrogen (secondary N) is 1. The van der Waals surface area contributed by atoms with Crippen LogP contribution in [-0.2, 0) is 5.33 Å². The van der Waals surface area contributed by atoms with Gasteiger partial charge in [-0.3, -0.25) is 0 Å². The fourth-order valence-corrected chi connectivity index (χ4v) is 2.03. The van der Waals surface area contributed by atoms with Gasteiger partial charge in [-0.15, -0.1) is 0 Å². The van der Waals surface area contributed by atoms with Gasteiger partial charge in [-0.25, -0.2) is 0 Å². The van der Waals surface area contributed by atoms with E-state index in [9.17, 15) is 0 Å². The number of halogens is 2. The maximum absolute atomic E-state index is 3.50.